The quantitative estimate of drug-likeness (QED) is 0.450. The van der Waals surface area contributed by atoms with Gasteiger partial charge in [-0.1, -0.05) is 31.0 Å². The zero-order valence-corrected chi connectivity index (χ0v) is 12.0. The SMILES string of the molecule is NNC(c1ccccc1N)C1CCOC2(CCCC2)C1. The van der Waals surface area contributed by atoms with Crippen LogP contribution in [0.3, 0.4) is 0 Å². The molecular weight excluding hydrogens is 250 g/mol. The van der Waals surface area contributed by atoms with Gasteiger partial charge in [0, 0.05) is 12.3 Å². The number of benzene rings is 1. The number of anilines is 1. The van der Waals surface area contributed by atoms with Crippen LogP contribution in [0.1, 0.15) is 50.1 Å². The van der Waals surface area contributed by atoms with Gasteiger partial charge in [-0.2, -0.15) is 0 Å². The van der Waals surface area contributed by atoms with E-state index >= 15 is 0 Å². The second-order valence-electron chi connectivity index (χ2n) is 6.26. The van der Waals surface area contributed by atoms with Crippen molar-refractivity contribution >= 4 is 5.69 Å². The molecule has 1 aliphatic heterocycles. The molecule has 1 saturated heterocycles. The van der Waals surface area contributed by atoms with Crippen LogP contribution in [0, 0.1) is 5.92 Å². The van der Waals surface area contributed by atoms with Crippen molar-refractivity contribution in [3.05, 3.63) is 29.8 Å². The van der Waals surface area contributed by atoms with E-state index in [1.165, 1.54) is 25.7 Å². The third-order valence-corrected chi connectivity index (χ3v) is 5.03. The van der Waals surface area contributed by atoms with Gasteiger partial charge in [0.1, 0.15) is 0 Å². The molecule has 20 heavy (non-hydrogen) atoms. The zero-order chi connectivity index (χ0) is 14.0. The second-order valence-corrected chi connectivity index (χ2v) is 6.26. The molecule has 0 bridgehead atoms. The molecule has 1 aromatic carbocycles. The maximum Gasteiger partial charge on any atom is 0.0686 e. The van der Waals surface area contributed by atoms with Crippen molar-refractivity contribution in [1.82, 2.24) is 5.43 Å². The van der Waals surface area contributed by atoms with Gasteiger partial charge in [-0.15, -0.1) is 0 Å². The highest BCUT2D eigenvalue weighted by Gasteiger charge is 2.42. The topological polar surface area (TPSA) is 73.3 Å². The highest BCUT2D eigenvalue weighted by molar-refractivity contribution is 5.48. The lowest BCUT2D eigenvalue weighted by molar-refractivity contribution is -0.0982. The molecule has 1 aromatic rings. The number of nitrogens with one attached hydrogen (secondary N) is 1. The molecule has 1 spiro atoms. The Morgan fingerprint density at radius 3 is 2.70 bits per heavy atom. The first-order valence-electron chi connectivity index (χ1n) is 7.69. The number of hydrogen-bond donors (Lipinski definition) is 3. The van der Waals surface area contributed by atoms with Gasteiger partial charge in [0.25, 0.3) is 0 Å². The third kappa shape index (κ3) is 2.55. The Bertz CT molecular complexity index is 457. The van der Waals surface area contributed by atoms with Gasteiger partial charge >= 0.3 is 0 Å². The van der Waals surface area contributed by atoms with E-state index in [1.807, 2.05) is 18.2 Å². The minimum atomic E-state index is 0.113. The summed E-state index contributed by atoms with van der Waals surface area (Å²) in [7, 11) is 0. The predicted molar refractivity (Wildman–Crippen MR) is 80.8 cm³/mol. The smallest absolute Gasteiger partial charge is 0.0686 e. The van der Waals surface area contributed by atoms with Gasteiger partial charge < -0.3 is 10.5 Å². The van der Waals surface area contributed by atoms with Crippen molar-refractivity contribution in [2.45, 2.75) is 50.2 Å². The van der Waals surface area contributed by atoms with E-state index in [4.69, 9.17) is 16.3 Å². The van der Waals surface area contributed by atoms with Gasteiger partial charge in [-0.05, 0) is 43.2 Å². The first-order valence-corrected chi connectivity index (χ1v) is 7.69. The number of hydrazine groups is 1. The molecule has 110 valence electrons. The minimum Gasteiger partial charge on any atom is -0.398 e. The molecule has 0 amide bonds. The van der Waals surface area contributed by atoms with Crippen molar-refractivity contribution in [3.8, 4) is 0 Å². The molecule has 1 heterocycles. The van der Waals surface area contributed by atoms with E-state index in [-0.39, 0.29) is 11.6 Å². The van der Waals surface area contributed by atoms with E-state index in [0.29, 0.717) is 5.92 Å². The monoisotopic (exact) mass is 275 g/mol. The Morgan fingerprint density at radius 2 is 2.00 bits per heavy atom. The molecule has 2 aliphatic rings. The average Bonchev–Trinajstić information content (AvgIpc) is 2.90. The number of hydrogen-bond acceptors (Lipinski definition) is 4. The molecule has 2 unspecified atom stereocenters. The molecule has 4 heteroatoms. The Kier molecular flexibility index (Phi) is 3.96. The van der Waals surface area contributed by atoms with Crippen LogP contribution >= 0.6 is 0 Å². The molecule has 5 N–H and O–H groups in total. The van der Waals surface area contributed by atoms with Gasteiger partial charge in [0.05, 0.1) is 11.6 Å². The van der Waals surface area contributed by atoms with E-state index in [1.54, 1.807) is 0 Å². The van der Waals surface area contributed by atoms with E-state index in [0.717, 1.165) is 30.7 Å². The Hall–Kier alpha value is -1.10. The predicted octanol–water partition coefficient (Wildman–Crippen LogP) is 2.51. The summed E-state index contributed by atoms with van der Waals surface area (Å²) >= 11 is 0. The summed E-state index contributed by atoms with van der Waals surface area (Å²) < 4.78 is 6.12. The van der Waals surface area contributed by atoms with Gasteiger partial charge in [-0.25, -0.2) is 0 Å². The molecule has 0 radical (unpaired) electrons. The molecule has 2 atom stereocenters. The average molecular weight is 275 g/mol. The molecule has 4 nitrogen and oxygen atoms in total. The standard InChI is InChI=1S/C16H25N3O/c17-14-6-2-1-5-13(14)15(19-18)12-7-10-20-16(11-12)8-3-4-9-16/h1-2,5-6,12,15,19H,3-4,7-11,17-18H2. The van der Waals surface area contributed by atoms with Crippen LogP contribution < -0.4 is 17.0 Å². The Morgan fingerprint density at radius 1 is 1.25 bits per heavy atom. The zero-order valence-electron chi connectivity index (χ0n) is 12.0. The number of para-hydroxylation sites is 1. The summed E-state index contributed by atoms with van der Waals surface area (Å²) in [6.07, 6.45) is 7.12. The minimum absolute atomic E-state index is 0.113. The van der Waals surface area contributed by atoms with Crippen LogP contribution in [0.4, 0.5) is 5.69 Å². The van der Waals surface area contributed by atoms with Crippen molar-refractivity contribution in [3.63, 3.8) is 0 Å². The third-order valence-electron chi connectivity index (χ3n) is 5.03. The van der Waals surface area contributed by atoms with Gasteiger partial charge in [-0.3, -0.25) is 11.3 Å². The fraction of sp³-hybridized carbons (Fsp3) is 0.625. The van der Waals surface area contributed by atoms with Crippen molar-refractivity contribution in [2.75, 3.05) is 12.3 Å². The number of rotatable bonds is 3. The second kappa shape index (κ2) is 5.72. The lowest BCUT2D eigenvalue weighted by atomic mass is 9.78. The summed E-state index contributed by atoms with van der Waals surface area (Å²) in [6, 6.07) is 8.15. The van der Waals surface area contributed by atoms with Crippen molar-refractivity contribution in [1.29, 1.82) is 0 Å². The van der Waals surface area contributed by atoms with Crippen LogP contribution in [0.25, 0.3) is 0 Å². The molecule has 1 aliphatic carbocycles. The van der Waals surface area contributed by atoms with E-state index < -0.39 is 0 Å². The number of nitrogens with two attached hydrogens (primary N) is 2. The summed E-state index contributed by atoms with van der Waals surface area (Å²) in [5.74, 6) is 6.34. The molecule has 3 rings (SSSR count). The van der Waals surface area contributed by atoms with Crippen LogP contribution in [0.2, 0.25) is 0 Å². The van der Waals surface area contributed by atoms with Crippen LogP contribution in [0.5, 0.6) is 0 Å². The van der Waals surface area contributed by atoms with Crippen LogP contribution in [-0.4, -0.2) is 12.2 Å². The van der Waals surface area contributed by atoms with Crippen LogP contribution in [-0.2, 0) is 4.74 Å². The molecule has 0 aromatic heterocycles. The summed E-state index contributed by atoms with van der Waals surface area (Å²) in [4.78, 5) is 0. The van der Waals surface area contributed by atoms with E-state index in [9.17, 15) is 0 Å². The number of nitrogen functional groups attached to an aromatic ring is 1. The Labute approximate surface area is 120 Å². The fourth-order valence-corrected chi connectivity index (χ4v) is 3.99. The summed E-state index contributed by atoms with van der Waals surface area (Å²) in [6.45, 7) is 0.843. The van der Waals surface area contributed by atoms with E-state index in [2.05, 4.69) is 11.5 Å². The van der Waals surface area contributed by atoms with Crippen molar-refractivity contribution < 1.29 is 4.74 Å². The Balaban J connectivity index is 1.81. The lowest BCUT2D eigenvalue weighted by Gasteiger charge is -2.41. The lowest BCUT2D eigenvalue weighted by Crippen LogP contribution is -2.43. The molecule has 1 saturated carbocycles. The highest BCUT2D eigenvalue weighted by Crippen LogP contribution is 2.45. The maximum absolute atomic E-state index is 6.12. The molecule has 2 fully saturated rings. The van der Waals surface area contributed by atoms with Crippen molar-refractivity contribution in [2.24, 2.45) is 11.8 Å². The molecular formula is C16H25N3O. The largest absolute Gasteiger partial charge is 0.398 e. The first kappa shape index (κ1) is 13.9. The summed E-state index contributed by atoms with van der Waals surface area (Å²) in [5.41, 5.74) is 11.2. The maximum atomic E-state index is 6.12. The van der Waals surface area contributed by atoms with Gasteiger partial charge in [0.15, 0.2) is 0 Å². The first-order chi connectivity index (χ1) is 9.74. The normalized spacial score (nSPS) is 26.8. The summed E-state index contributed by atoms with van der Waals surface area (Å²) in [5, 5.41) is 0. The van der Waals surface area contributed by atoms with Crippen LogP contribution in [0.15, 0.2) is 24.3 Å². The number of ether oxygens (including phenoxy) is 1. The highest BCUT2D eigenvalue weighted by atomic mass is 16.5. The fourth-order valence-electron chi connectivity index (χ4n) is 3.99. The van der Waals surface area contributed by atoms with Gasteiger partial charge in [0.2, 0.25) is 0 Å².